The number of carbonyl (C=O) groups excluding carboxylic acids is 1. The second kappa shape index (κ2) is 7.88. The molecule has 0 saturated carbocycles. The van der Waals surface area contributed by atoms with E-state index in [2.05, 4.69) is 4.98 Å². The van der Waals surface area contributed by atoms with Crippen molar-refractivity contribution in [3.8, 4) is 0 Å². The van der Waals surface area contributed by atoms with Gasteiger partial charge < -0.3 is 19.3 Å². The van der Waals surface area contributed by atoms with Gasteiger partial charge in [0.15, 0.2) is 0 Å². The number of methoxy groups -OCH3 is 1. The topological polar surface area (TPSA) is 54.9 Å². The summed E-state index contributed by atoms with van der Waals surface area (Å²) in [6.07, 6.45) is -3.56. The molecule has 0 aliphatic carbocycles. The molecule has 2 aromatic rings. The molecular formula is C21H22F3N3O3. The Labute approximate surface area is 172 Å². The van der Waals surface area contributed by atoms with Gasteiger partial charge in [-0.3, -0.25) is 4.79 Å². The lowest BCUT2D eigenvalue weighted by molar-refractivity contribution is -0.202. The third-order valence-electron chi connectivity index (χ3n) is 5.69. The molecule has 2 aliphatic heterocycles. The van der Waals surface area contributed by atoms with E-state index in [1.165, 1.54) is 6.07 Å². The fourth-order valence-electron chi connectivity index (χ4n) is 3.67. The molecule has 1 amide bonds. The summed E-state index contributed by atoms with van der Waals surface area (Å²) >= 11 is 0. The number of ether oxygens (including phenoxy) is 2. The molecule has 2 aliphatic rings. The van der Waals surface area contributed by atoms with Gasteiger partial charge in [0.05, 0.1) is 18.8 Å². The number of carbonyl (C=O) groups is 1. The fourth-order valence-corrected chi connectivity index (χ4v) is 3.67. The minimum Gasteiger partial charge on any atom is -0.375 e. The molecular weight excluding hydrogens is 399 g/mol. The Morgan fingerprint density at radius 2 is 1.73 bits per heavy atom. The van der Waals surface area contributed by atoms with Gasteiger partial charge >= 0.3 is 6.18 Å². The minimum absolute atomic E-state index is 0.0714. The SMILES string of the molecule is COC1(c2ccc(C(=O)N3CCN(c4ccc(C(F)(F)F)cn4)CC3)cc2)COC1. The van der Waals surface area contributed by atoms with Crippen LogP contribution in [0.4, 0.5) is 19.0 Å². The number of pyridine rings is 1. The average molecular weight is 421 g/mol. The zero-order chi connectivity index (χ0) is 21.4. The van der Waals surface area contributed by atoms with Gasteiger partial charge in [-0.25, -0.2) is 4.98 Å². The maximum Gasteiger partial charge on any atom is 0.417 e. The molecule has 0 atom stereocenters. The fraction of sp³-hybridized carbons (Fsp3) is 0.429. The van der Waals surface area contributed by atoms with Crippen molar-refractivity contribution in [2.45, 2.75) is 11.8 Å². The summed E-state index contributed by atoms with van der Waals surface area (Å²) in [5, 5.41) is 0. The molecule has 0 bridgehead atoms. The monoisotopic (exact) mass is 421 g/mol. The number of anilines is 1. The van der Waals surface area contributed by atoms with Crippen LogP contribution in [0.1, 0.15) is 21.5 Å². The Bertz CT molecular complexity index is 883. The maximum absolute atomic E-state index is 12.8. The Kier molecular flexibility index (Phi) is 5.42. The van der Waals surface area contributed by atoms with Crippen LogP contribution in [0.25, 0.3) is 0 Å². The van der Waals surface area contributed by atoms with E-state index < -0.39 is 17.3 Å². The highest BCUT2D eigenvalue weighted by Crippen LogP contribution is 2.33. The Morgan fingerprint density at radius 1 is 1.07 bits per heavy atom. The highest BCUT2D eigenvalue weighted by Gasteiger charge is 2.40. The van der Waals surface area contributed by atoms with Crippen molar-refractivity contribution in [3.63, 3.8) is 0 Å². The van der Waals surface area contributed by atoms with Crippen molar-refractivity contribution in [2.24, 2.45) is 0 Å². The molecule has 0 N–H and O–H groups in total. The minimum atomic E-state index is -4.40. The number of nitrogens with zero attached hydrogens (tertiary/aromatic N) is 3. The Morgan fingerprint density at radius 3 is 2.20 bits per heavy atom. The number of hydrogen-bond donors (Lipinski definition) is 0. The van der Waals surface area contributed by atoms with E-state index in [0.717, 1.165) is 17.8 Å². The molecule has 0 unspecified atom stereocenters. The van der Waals surface area contributed by atoms with Crippen LogP contribution in [-0.4, -0.2) is 62.3 Å². The quantitative estimate of drug-likeness (QED) is 0.760. The van der Waals surface area contributed by atoms with Crippen molar-refractivity contribution in [1.29, 1.82) is 0 Å². The van der Waals surface area contributed by atoms with Gasteiger partial charge in [0.1, 0.15) is 11.4 Å². The standard InChI is InChI=1S/C21H22F3N3O3/c1-29-20(13-30-14-20)16-4-2-15(3-5-16)19(28)27-10-8-26(9-11-27)18-7-6-17(12-25-18)21(22,23)24/h2-7,12H,8-11,13-14H2,1H3. The van der Waals surface area contributed by atoms with E-state index in [-0.39, 0.29) is 5.91 Å². The molecule has 0 spiro atoms. The first-order valence-corrected chi connectivity index (χ1v) is 9.63. The van der Waals surface area contributed by atoms with E-state index in [4.69, 9.17) is 9.47 Å². The van der Waals surface area contributed by atoms with E-state index in [1.807, 2.05) is 17.0 Å². The second-order valence-corrected chi connectivity index (χ2v) is 7.45. The van der Waals surface area contributed by atoms with Crippen molar-refractivity contribution in [2.75, 3.05) is 51.4 Å². The summed E-state index contributed by atoms with van der Waals surface area (Å²) in [7, 11) is 1.65. The molecule has 30 heavy (non-hydrogen) atoms. The number of amides is 1. The van der Waals surface area contributed by atoms with Crippen molar-refractivity contribution >= 4 is 11.7 Å². The summed E-state index contributed by atoms with van der Waals surface area (Å²) in [5.41, 5.74) is 0.367. The van der Waals surface area contributed by atoms with E-state index in [0.29, 0.717) is 50.8 Å². The molecule has 0 radical (unpaired) electrons. The zero-order valence-electron chi connectivity index (χ0n) is 16.5. The largest absolute Gasteiger partial charge is 0.417 e. The van der Waals surface area contributed by atoms with Crippen LogP contribution in [0, 0.1) is 0 Å². The smallest absolute Gasteiger partial charge is 0.375 e. The van der Waals surface area contributed by atoms with Gasteiger partial charge in [-0.05, 0) is 29.8 Å². The first-order valence-electron chi connectivity index (χ1n) is 9.63. The van der Waals surface area contributed by atoms with Gasteiger partial charge in [-0.2, -0.15) is 13.2 Å². The molecule has 4 rings (SSSR count). The number of halogens is 3. The summed E-state index contributed by atoms with van der Waals surface area (Å²) in [5.74, 6) is 0.407. The lowest BCUT2D eigenvalue weighted by atomic mass is 9.91. The molecule has 3 heterocycles. The second-order valence-electron chi connectivity index (χ2n) is 7.45. The predicted octanol–water partition coefficient (Wildman–Crippen LogP) is 2.93. The van der Waals surface area contributed by atoms with E-state index in [9.17, 15) is 18.0 Å². The summed E-state index contributed by atoms with van der Waals surface area (Å²) in [6, 6.07) is 9.76. The summed E-state index contributed by atoms with van der Waals surface area (Å²) in [4.78, 5) is 20.4. The Balaban J connectivity index is 1.36. The molecule has 2 saturated heterocycles. The number of alkyl halides is 3. The summed E-state index contributed by atoms with van der Waals surface area (Å²) in [6.45, 7) is 2.95. The molecule has 1 aromatic carbocycles. The molecule has 160 valence electrons. The van der Waals surface area contributed by atoms with Crippen LogP contribution in [-0.2, 0) is 21.3 Å². The predicted molar refractivity (Wildman–Crippen MR) is 103 cm³/mol. The van der Waals surface area contributed by atoms with Gasteiger partial charge in [-0.15, -0.1) is 0 Å². The van der Waals surface area contributed by atoms with Gasteiger partial charge in [0.2, 0.25) is 0 Å². The van der Waals surface area contributed by atoms with E-state index >= 15 is 0 Å². The van der Waals surface area contributed by atoms with Gasteiger partial charge in [-0.1, -0.05) is 12.1 Å². The van der Waals surface area contributed by atoms with Crippen LogP contribution in [0.5, 0.6) is 0 Å². The lowest BCUT2D eigenvalue weighted by Crippen LogP contribution is -2.49. The number of rotatable bonds is 4. The molecule has 6 nitrogen and oxygen atoms in total. The van der Waals surface area contributed by atoms with Crippen LogP contribution >= 0.6 is 0 Å². The van der Waals surface area contributed by atoms with Crippen LogP contribution in [0.15, 0.2) is 42.6 Å². The van der Waals surface area contributed by atoms with Crippen LogP contribution in [0.2, 0.25) is 0 Å². The lowest BCUT2D eigenvalue weighted by Gasteiger charge is -2.40. The number of benzene rings is 1. The molecule has 9 heteroatoms. The van der Waals surface area contributed by atoms with Crippen molar-refractivity contribution in [3.05, 3.63) is 59.3 Å². The highest BCUT2D eigenvalue weighted by molar-refractivity contribution is 5.94. The summed E-state index contributed by atoms with van der Waals surface area (Å²) < 4.78 is 48.9. The van der Waals surface area contributed by atoms with Gasteiger partial charge in [0, 0.05) is 45.0 Å². The van der Waals surface area contributed by atoms with E-state index in [1.54, 1.807) is 24.1 Å². The molecule has 2 fully saturated rings. The van der Waals surface area contributed by atoms with Crippen molar-refractivity contribution < 1.29 is 27.4 Å². The number of hydrogen-bond acceptors (Lipinski definition) is 5. The molecule has 1 aromatic heterocycles. The Hall–Kier alpha value is -2.65. The average Bonchev–Trinajstić information content (AvgIpc) is 2.73. The zero-order valence-corrected chi connectivity index (χ0v) is 16.5. The number of aromatic nitrogens is 1. The third-order valence-corrected chi connectivity index (χ3v) is 5.69. The third kappa shape index (κ3) is 3.87. The number of piperazine rings is 1. The van der Waals surface area contributed by atoms with Crippen LogP contribution in [0.3, 0.4) is 0 Å². The maximum atomic E-state index is 12.8. The first-order chi connectivity index (χ1) is 14.3. The highest BCUT2D eigenvalue weighted by atomic mass is 19.4. The van der Waals surface area contributed by atoms with Crippen molar-refractivity contribution in [1.82, 2.24) is 9.88 Å². The van der Waals surface area contributed by atoms with Gasteiger partial charge in [0.25, 0.3) is 5.91 Å². The normalized spacial score (nSPS) is 18.8. The first kappa shape index (κ1) is 20.6. The van der Waals surface area contributed by atoms with Crippen LogP contribution < -0.4 is 4.90 Å².